The summed E-state index contributed by atoms with van der Waals surface area (Å²) >= 11 is 0. The van der Waals surface area contributed by atoms with Gasteiger partial charge in [0.25, 0.3) is 0 Å². The lowest BCUT2D eigenvalue weighted by Crippen LogP contribution is -2.43. The van der Waals surface area contributed by atoms with Gasteiger partial charge in [0.05, 0.1) is 13.2 Å². The molecule has 5 nitrogen and oxygen atoms in total. The van der Waals surface area contributed by atoms with Gasteiger partial charge in [0.1, 0.15) is 12.4 Å². The third kappa shape index (κ3) is 4.23. The van der Waals surface area contributed by atoms with Crippen LogP contribution in [-0.4, -0.2) is 25.2 Å². The average Bonchev–Trinajstić information content (AvgIpc) is 2.67. The van der Waals surface area contributed by atoms with Gasteiger partial charge in [-0.15, -0.1) is 0 Å². The minimum atomic E-state index is -1.60. The van der Waals surface area contributed by atoms with Crippen LogP contribution in [0.3, 0.4) is 0 Å². The van der Waals surface area contributed by atoms with E-state index in [9.17, 15) is 9.59 Å². The number of ether oxygens (including phenoxy) is 3. The molecule has 5 heteroatoms. The molecule has 26 heavy (non-hydrogen) atoms. The van der Waals surface area contributed by atoms with Gasteiger partial charge < -0.3 is 14.2 Å². The molecule has 0 bridgehead atoms. The van der Waals surface area contributed by atoms with E-state index in [1.54, 1.807) is 38.1 Å². The van der Waals surface area contributed by atoms with E-state index >= 15 is 0 Å². The van der Waals surface area contributed by atoms with Crippen LogP contribution < -0.4 is 4.74 Å². The van der Waals surface area contributed by atoms with Crippen molar-refractivity contribution in [3.8, 4) is 5.75 Å². The van der Waals surface area contributed by atoms with E-state index in [0.717, 1.165) is 5.56 Å². The first-order chi connectivity index (χ1) is 12.5. The summed E-state index contributed by atoms with van der Waals surface area (Å²) in [7, 11) is 0. The molecule has 138 valence electrons. The van der Waals surface area contributed by atoms with E-state index in [4.69, 9.17) is 14.2 Å². The van der Waals surface area contributed by atoms with Gasteiger partial charge in [0, 0.05) is 5.56 Å². The molecular formula is C21H24O5. The van der Waals surface area contributed by atoms with Crippen molar-refractivity contribution in [3.63, 3.8) is 0 Å². The summed E-state index contributed by atoms with van der Waals surface area (Å²) in [6.07, 6.45) is 0. The zero-order chi connectivity index (χ0) is 19.0. The van der Waals surface area contributed by atoms with Gasteiger partial charge in [-0.1, -0.05) is 48.5 Å². The Morgan fingerprint density at radius 2 is 1.38 bits per heavy atom. The maximum absolute atomic E-state index is 12.6. The van der Waals surface area contributed by atoms with Crippen LogP contribution in [-0.2, 0) is 31.1 Å². The molecule has 0 spiro atoms. The average molecular weight is 356 g/mol. The number of carbonyl (C=O) groups is 2. The molecule has 2 aromatic carbocycles. The van der Waals surface area contributed by atoms with E-state index in [0.29, 0.717) is 17.9 Å². The van der Waals surface area contributed by atoms with Crippen LogP contribution in [0.15, 0.2) is 54.6 Å². The predicted molar refractivity (Wildman–Crippen MR) is 97.8 cm³/mol. The van der Waals surface area contributed by atoms with Gasteiger partial charge >= 0.3 is 11.9 Å². The first-order valence-electron chi connectivity index (χ1n) is 8.64. The Balaban J connectivity index is 2.38. The Hall–Kier alpha value is -2.82. The molecule has 0 heterocycles. The van der Waals surface area contributed by atoms with Gasteiger partial charge in [0.15, 0.2) is 5.41 Å². The molecule has 0 atom stereocenters. The second kappa shape index (κ2) is 9.04. The Kier molecular flexibility index (Phi) is 6.78. The highest BCUT2D eigenvalue weighted by atomic mass is 16.6. The molecule has 0 amide bonds. The van der Waals surface area contributed by atoms with Crippen molar-refractivity contribution in [2.45, 2.75) is 32.8 Å². The molecule has 0 unspecified atom stereocenters. The van der Waals surface area contributed by atoms with E-state index in [2.05, 4.69) is 0 Å². The normalized spacial score (nSPS) is 10.9. The van der Waals surface area contributed by atoms with E-state index < -0.39 is 17.4 Å². The molecule has 0 aromatic heterocycles. The van der Waals surface area contributed by atoms with Crippen LogP contribution in [0.1, 0.15) is 31.9 Å². The second-order valence-corrected chi connectivity index (χ2v) is 5.84. The summed E-state index contributed by atoms with van der Waals surface area (Å²) in [6, 6.07) is 16.6. The van der Waals surface area contributed by atoms with Crippen LogP contribution in [0.25, 0.3) is 0 Å². The molecule has 0 saturated carbocycles. The fourth-order valence-corrected chi connectivity index (χ4v) is 2.60. The van der Waals surface area contributed by atoms with Gasteiger partial charge in [-0.3, -0.25) is 9.59 Å². The number of hydrogen-bond donors (Lipinski definition) is 0. The maximum atomic E-state index is 12.6. The van der Waals surface area contributed by atoms with Crippen LogP contribution in [0.4, 0.5) is 0 Å². The smallest absolute Gasteiger partial charge is 0.327 e. The van der Waals surface area contributed by atoms with E-state index in [-0.39, 0.29) is 13.2 Å². The van der Waals surface area contributed by atoms with Gasteiger partial charge in [-0.05, 0) is 32.4 Å². The topological polar surface area (TPSA) is 61.8 Å². The highest BCUT2D eigenvalue weighted by Crippen LogP contribution is 2.35. The standard InChI is InChI=1S/C21H24O5/c1-4-24-19(22)21(3,20(23)25-5-2)17-13-9-10-14-18(17)26-15-16-11-7-6-8-12-16/h6-14H,4-5,15H2,1-3H3. The van der Waals surface area contributed by atoms with Crippen molar-refractivity contribution in [1.82, 2.24) is 0 Å². The number of para-hydroxylation sites is 1. The molecule has 0 N–H and O–H groups in total. The van der Waals surface area contributed by atoms with Crippen molar-refractivity contribution < 1.29 is 23.8 Å². The fraction of sp³-hybridized carbons (Fsp3) is 0.333. The summed E-state index contributed by atoms with van der Waals surface area (Å²) in [6.45, 7) is 5.55. The van der Waals surface area contributed by atoms with Gasteiger partial charge in [-0.25, -0.2) is 0 Å². The Morgan fingerprint density at radius 3 is 1.96 bits per heavy atom. The minimum absolute atomic E-state index is 0.168. The van der Waals surface area contributed by atoms with Crippen LogP contribution in [0.5, 0.6) is 5.75 Å². The van der Waals surface area contributed by atoms with Crippen molar-refractivity contribution in [3.05, 3.63) is 65.7 Å². The Bertz CT molecular complexity index is 721. The van der Waals surface area contributed by atoms with Crippen molar-refractivity contribution in [2.75, 3.05) is 13.2 Å². The summed E-state index contributed by atoms with van der Waals surface area (Å²) in [5.41, 5.74) is -0.191. The van der Waals surface area contributed by atoms with E-state index in [1.807, 2.05) is 30.3 Å². The molecule has 0 radical (unpaired) electrons. The molecule has 0 saturated heterocycles. The van der Waals surface area contributed by atoms with Crippen LogP contribution >= 0.6 is 0 Å². The lowest BCUT2D eigenvalue weighted by Gasteiger charge is -2.27. The Morgan fingerprint density at radius 1 is 0.846 bits per heavy atom. The number of rotatable bonds is 8. The second-order valence-electron chi connectivity index (χ2n) is 5.84. The highest BCUT2D eigenvalue weighted by molar-refractivity contribution is 6.06. The molecule has 0 aliphatic rings. The minimum Gasteiger partial charge on any atom is -0.489 e. The van der Waals surface area contributed by atoms with Gasteiger partial charge in [-0.2, -0.15) is 0 Å². The quantitative estimate of drug-likeness (QED) is 0.534. The number of benzene rings is 2. The lowest BCUT2D eigenvalue weighted by atomic mass is 9.81. The third-order valence-electron chi connectivity index (χ3n) is 4.03. The van der Waals surface area contributed by atoms with Crippen molar-refractivity contribution >= 4 is 11.9 Å². The summed E-state index contributed by atoms with van der Waals surface area (Å²) in [4.78, 5) is 25.3. The summed E-state index contributed by atoms with van der Waals surface area (Å²) in [5, 5.41) is 0. The zero-order valence-corrected chi connectivity index (χ0v) is 15.4. The third-order valence-corrected chi connectivity index (χ3v) is 4.03. The van der Waals surface area contributed by atoms with Crippen LogP contribution in [0, 0.1) is 0 Å². The first-order valence-corrected chi connectivity index (χ1v) is 8.64. The number of hydrogen-bond acceptors (Lipinski definition) is 5. The molecule has 0 aliphatic carbocycles. The fourth-order valence-electron chi connectivity index (χ4n) is 2.60. The van der Waals surface area contributed by atoms with Gasteiger partial charge in [0.2, 0.25) is 0 Å². The molecule has 0 aliphatic heterocycles. The maximum Gasteiger partial charge on any atom is 0.327 e. The van der Waals surface area contributed by atoms with Crippen molar-refractivity contribution in [1.29, 1.82) is 0 Å². The van der Waals surface area contributed by atoms with Crippen LogP contribution in [0.2, 0.25) is 0 Å². The van der Waals surface area contributed by atoms with E-state index in [1.165, 1.54) is 6.92 Å². The summed E-state index contributed by atoms with van der Waals surface area (Å²) in [5.74, 6) is -0.872. The monoisotopic (exact) mass is 356 g/mol. The highest BCUT2D eigenvalue weighted by Gasteiger charge is 2.48. The molecule has 2 aromatic rings. The molecule has 2 rings (SSSR count). The largest absolute Gasteiger partial charge is 0.489 e. The Labute approximate surface area is 153 Å². The molecule has 0 fully saturated rings. The number of esters is 2. The first kappa shape index (κ1) is 19.5. The SMILES string of the molecule is CCOC(=O)C(C)(C(=O)OCC)c1ccccc1OCc1ccccc1. The summed E-state index contributed by atoms with van der Waals surface area (Å²) < 4.78 is 16.2. The number of carbonyl (C=O) groups excluding carboxylic acids is 2. The predicted octanol–water partition coefficient (Wildman–Crippen LogP) is 3.65. The lowest BCUT2D eigenvalue weighted by molar-refractivity contribution is -0.163. The molecular weight excluding hydrogens is 332 g/mol. The van der Waals surface area contributed by atoms with Crippen molar-refractivity contribution in [2.24, 2.45) is 0 Å². The zero-order valence-electron chi connectivity index (χ0n) is 15.4.